The summed E-state index contributed by atoms with van der Waals surface area (Å²) < 4.78 is 0. The first-order chi connectivity index (χ1) is 10.8. The molecule has 1 aliphatic carbocycles. The fraction of sp³-hybridized carbons (Fsp3) is 0.167. The normalized spacial score (nSPS) is 13.9. The molecule has 2 heterocycles. The molecule has 0 radical (unpaired) electrons. The Morgan fingerprint density at radius 1 is 1.00 bits per heavy atom. The van der Waals surface area contributed by atoms with Crippen LogP contribution in [0.3, 0.4) is 0 Å². The molecule has 2 aromatic heterocycles. The quantitative estimate of drug-likeness (QED) is 0.705. The van der Waals surface area contributed by atoms with Gasteiger partial charge in [-0.2, -0.15) is 0 Å². The molecule has 0 fully saturated rings. The molecule has 4 rings (SSSR count). The van der Waals surface area contributed by atoms with Crippen molar-refractivity contribution in [3.63, 3.8) is 0 Å². The molecule has 3 aromatic rings. The van der Waals surface area contributed by atoms with Gasteiger partial charge in [0.2, 0.25) is 0 Å². The van der Waals surface area contributed by atoms with Crippen molar-refractivity contribution in [1.29, 1.82) is 0 Å². The first-order valence-electron chi connectivity index (χ1n) is 7.36. The largest absolute Gasteiger partial charge is 0.294 e. The third kappa shape index (κ3) is 2.35. The van der Waals surface area contributed by atoms with Crippen LogP contribution in [0.1, 0.15) is 28.9 Å². The zero-order valence-electron chi connectivity index (χ0n) is 12.0. The minimum absolute atomic E-state index is 0.212. The summed E-state index contributed by atoms with van der Waals surface area (Å²) in [6, 6.07) is 14.0. The fourth-order valence-corrected chi connectivity index (χ4v) is 3.64. The lowest BCUT2D eigenvalue weighted by atomic mass is 9.94. The molecular weight excluding hydrogens is 292 g/mol. The van der Waals surface area contributed by atoms with Gasteiger partial charge in [-0.25, -0.2) is 9.97 Å². The Bertz CT molecular complexity index is 839. The van der Waals surface area contributed by atoms with Crippen molar-refractivity contribution in [2.75, 3.05) is 0 Å². The maximum absolute atomic E-state index is 11.9. The van der Waals surface area contributed by atoms with Crippen LogP contribution in [0.25, 0.3) is 21.1 Å². The van der Waals surface area contributed by atoms with Crippen LogP contribution < -0.4 is 0 Å². The number of rotatable bonds is 2. The third-order valence-corrected chi connectivity index (χ3v) is 4.94. The number of hydrogen-bond acceptors (Lipinski definition) is 4. The first-order valence-corrected chi connectivity index (χ1v) is 8.18. The van der Waals surface area contributed by atoms with Crippen LogP contribution >= 0.6 is 11.3 Å². The van der Waals surface area contributed by atoms with E-state index < -0.39 is 0 Å². The van der Waals surface area contributed by atoms with Crippen LogP contribution in [-0.2, 0) is 6.42 Å². The van der Waals surface area contributed by atoms with Crippen LogP contribution in [-0.4, -0.2) is 15.8 Å². The molecular formula is C18H14N2OS. The van der Waals surface area contributed by atoms with E-state index in [2.05, 4.69) is 22.1 Å². The van der Waals surface area contributed by atoms with E-state index >= 15 is 0 Å². The monoisotopic (exact) mass is 306 g/mol. The molecule has 0 saturated carbocycles. The number of aryl methyl sites for hydroxylation is 1. The van der Waals surface area contributed by atoms with E-state index in [-0.39, 0.29) is 5.78 Å². The molecule has 0 amide bonds. The van der Waals surface area contributed by atoms with E-state index in [1.165, 1.54) is 5.56 Å². The lowest BCUT2D eigenvalue weighted by molar-refractivity contribution is 0.0971. The van der Waals surface area contributed by atoms with Gasteiger partial charge in [0.05, 0.1) is 16.3 Å². The number of fused-ring (bicyclic) bond motifs is 1. The molecule has 108 valence electrons. The number of aromatic nitrogens is 2. The summed E-state index contributed by atoms with van der Waals surface area (Å²) in [5, 5.41) is 0.902. The minimum atomic E-state index is 0.212. The molecule has 0 bridgehead atoms. The van der Waals surface area contributed by atoms with Gasteiger partial charge in [0.1, 0.15) is 5.01 Å². The number of pyridine rings is 1. The lowest BCUT2D eigenvalue weighted by Gasteiger charge is -2.13. The topological polar surface area (TPSA) is 42.9 Å². The average Bonchev–Trinajstić information content (AvgIpc) is 3.06. The zero-order valence-corrected chi connectivity index (χ0v) is 12.8. The number of Topliss-reactive ketones (excluding diaryl/α,β-unsaturated/α-hetero) is 1. The van der Waals surface area contributed by atoms with E-state index in [1.54, 1.807) is 11.3 Å². The molecule has 3 nitrogen and oxygen atoms in total. The molecule has 0 aliphatic heterocycles. The number of carbonyl (C=O) groups is 1. The summed E-state index contributed by atoms with van der Waals surface area (Å²) >= 11 is 1.63. The van der Waals surface area contributed by atoms with Crippen LogP contribution in [0.5, 0.6) is 0 Å². The summed E-state index contributed by atoms with van der Waals surface area (Å²) in [7, 11) is 0. The van der Waals surface area contributed by atoms with E-state index in [0.29, 0.717) is 6.42 Å². The minimum Gasteiger partial charge on any atom is -0.294 e. The van der Waals surface area contributed by atoms with E-state index in [4.69, 9.17) is 0 Å². The molecule has 0 spiro atoms. The second-order valence-corrected chi connectivity index (χ2v) is 6.39. The van der Waals surface area contributed by atoms with Gasteiger partial charge in [-0.3, -0.25) is 4.79 Å². The van der Waals surface area contributed by atoms with Gasteiger partial charge in [0.15, 0.2) is 5.78 Å². The number of benzene rings is 1. The molecule has 0 unspecified atom stereocenters. The fourth-order valence-electron chi connectivity index (χ4n) is 2.74. The van der Waals surface area contributed by atoms with Crippen LogP contribution in [0.2, 0.25) is 0 Å². The summed E-state index contributed by atoms with van der Waals surface area (Å²) in [4.78, 5) is 22.2. The van der Waals surface area contributed by atoms with E-state index in [1.807, 2.05) is 36.5 Å². The Balaban J connectivity index is 1.71. The van der Waals surface area contributed by atoms with Gasteiger partial charge in [-0.15, -0.1) is 11.3 Å². The van der Waals surface area contributed by atoms with Gasteiger partial charge < -0.3 is 0 Å². The predicted molar refractivity (Wildman–Crippen MR) is 88.0 cm³/mol. The highest BCUT2D eigenvalue weighted by Gasteiger charge is 2.19. The summed E-state index contributed by atoms with van der Waals surface area (Å²) in [6.07, 6.45) is 4.31. The highest BCUT2D eigenvalue weighted by Crippen LogP contribution is 2.32. The average molecular weight is 306 g/mol. The Kier molecular flexibility index (Phi) is 3.31. The number of hydrogen-bond donors (Lipinski definition) is 0. The van der Waals surface area contributed by atoms with Gasteiger partial charge in [0.25, 0.3) is 0 Å². The third-order valence-electron chi connectivity index (χ3n) is 3.88. The highest BCUT2D eigenvalue weighted by atomic mass is 32.1. The Morgan fingerprint density at radius 3 is 2.73 bits per heavy atom. The van der Waals surface area contributed by atoms with Crippen molar-refractivity contribution >= 4 is 17.1 Å². The molecule has 22 heavy (non-hydrogen) atoms. The predicted octanol–water partition coefficient (Wildman–Crippen LogP) is 4.39. The summed E-state index contributed by atoms with van der Waals surface area (Å²) in [6.45, 7) is 0. The molecule has 1 aromatic carbocycles. The van der Waals surface area contributed by atoms with Gasteiger partial charge >= 0.3 is 0 Å². The molecule has 0 atom stereocenters. The summed E-state index contributed by atoms with van der Waals surface area (Å²) in [5.41, 5.74) is 3.74. The molecule has 4 heteroatoms. The Hall–Kier alpha value is -2.33. The lowest BCUT2D eigenvalue weighted by Crippen LogP contribution is -2.12. The van der Waals surface area contributed by atoms with Gasteiger partial charge in [-0.05, 0) is 30.5 Å². The second-order valence-electron chi connectivity index (χ2n) is 5.36. The number of ketones is 1. The van der Waals surface area contributed by atoms with Crippen molar-refractivity contribution in [3.8, 4) is 21.1 Å². The molecule has 0 N–H and O–H groups in total. The van der Waals surface area contributed by atoms with Gasteiger partial charge in [-0.1, -0.05) is 30.3 Å². The molecule has 0 saturated heterocycles. The number of nitrogens with zero attached hydrogens (tertiary/aromatic N) is 2. The van der Waals surface area contributed by atoms with Gasteiger partial charge in [0, 0.05) is 18.2 Å². The second kappa shape index (κ2) is 5.46. The zero-order chi connectivity index (χ0) is 14.9. The number of carbonyl (C=O) groups excluding carboxylic acids is 1. The smallest absolute Gasteiger partial charge is 0.164 e. The van der Waals surface area contributed by atoms with E-state index in [0.717, 1.165) is 39.7 Å². The highest BCUT2D eigenvalue weighted by molar-refractivity contribution is 7.18. The van der Waals surface area contributed by atoms with Crippen molar-refractivity contribution in [2.24, 2.45) is 0 Å². The molecule has 1 aliphatic rings. The van der Waals surface area contributed by atoms with Crippen LogP contribution in [0.4, 0.5) is 0 Å². The first kappa shape index (κ1) is 13.3. The number of thiazole rings is 1. The van der Waals surface area contributed by atoms with Crippen molar-refractivity contribution in [1.82, 2.24) is 9.97 Å². The van der Waals surface area contributed by atoms with E-state index in [9.17, 15) is 4.79 Å². The van der Waals surface area contributed by atoms with Crippen molar-refractivity contribution in [2.45, 2.75) is 19.3 Å². The summed E-state index contributed by atoms with van der Waals surface area (Å²) in [5.74, 6) is 0.212. The standard InChI is InChI=1S/C18H14N2OS/c21-16-8-4-7-14-13(16)9-10-15(20-14)18-19-11-17(22-18)12-5-2-1-3-6-12/h1-3,5-6,9-11H,4,7-8H2. The maximum Gasteiger partial charge on any atom is 0.164 e. The Morgan fingerprint density at radius 2 is 1.86 bits per heavy atom. The van der Waals surface area contributed by atoms with Crippen LogP contribution in [0.15, 0.2) is 48.7 Å². The Labute approximate surface area is 132 Å². The maximum atomic E-state index is 11.9. The van der Waals surface area contributed by atoms with Crippen molar-refractivity contribution < 1.29 is 4.79 Å². The SMILES string of the molecule is O=C1CCCc2nc(-c3ncc(-c4ccccc4)s3)ccc21. The van der Waals surface area contributed by atoms with Crippen molar-refractivity contribution in [3.05, 3.63) is 59.9 Å². The van der Waals surface area contributed by atoms with Crippen LogP contribution in [0, 0.1) is 0 Å².